The van der Waals surface area contributed by atoms with E-state index in [0.29, 0.717) is 0 Å². The summed E-state index contributed by atoms with van der Waals surface area (Å²) in [6, 6.07) is -0.495. The molecule has 78 valence electrons. The Hall–Kier alpha value is -1.10. The first kappa shape index (κ1) is 9.45. The Morgan fingerprint density at radius 2 is 2.14 bits per heavy atom. The number of nitrogens with one attached hydrogen (secondary N) is 1. The zero-order valence-corrected chi connectivity index (χ0v) is 8.49. The van der Waals surface area contributed by atoms with E-state index in [0.717, 1.165) is 19.4 Å². The van der Waals surface area contributed by atoms with Crippen LogP contribution in [0.3, 0.4) is 0 Å². The highest BCUT2D eigenvalue weighted by atomic mass is 16.2. The monoisotopic (exact) mass is 197 g/mol. The molecule has 2 saturated heterocycles. The van der Waals surface area contributed by atoms with Crippen molar-refractivity contribution in [2.75, 3.05) is 13.6 Å². The Balaban J connectivity index is 2.18. The predicted octanol–water partition coefficient (Wildman–Crippen LogP) is -0.0216. The summed E-state index contributed by atoms with van der Waals surface area (Å²) in [4.78, 5) is 26.1. The van der Waals surface area contributed by atoms with Crippen molar-refractivity contribution in [2.45, 2.75) is 32.0 Å². The normalized spacial score (nSPS) is 33.3. The molecule has 5 heteroatoms. The first-order chi connectivity index (χ1) is 6.63. The van der Waals surface area contributed by atoms with Crippen LogP contribution in [0.2, 0.25) is 0 Å². The molecule has 2 aliphatic heterocycles. The Bertz CT molecular complexity index is 273. The van der Waals surface area contributed by atoms with Crippen molar-refractivity contribution in [1.82, 2.24) is 15.1 Å². The summed E-state index contributed by atoms with van der Waals surface area (Å²) in [5, 5.41) is 3.23. The van der Waals surface area contributed by atoms with Gasteiger partial charge in [0.15, 0.2) is 0 Å². The fraction of sp³-hybridized carbons (Fsp3) is 0.778. The molecule has 0 aromatic rings. The number of carbonyl (C=O) groups is 2. The summed E-state index contributed by atoms with van der Waals surface area (Å²) in [7, 11) is 1.54. The zero-order valence-electron chi connectivity index (χ0n) is 8.49. The van der Waals surface area contributed by atoms with Gasteiger partial charge in [0, 0.05) is 7.05 Å². The van der Waals surface area contributed by atoms with Crippen LogP contribution >= 0.6 is 0 Å². The Kier molecular flexibility index (Phi) is 2.19. The van der Waals surface area contributed by atoms with E-state index in [1.807, 2.05) is 0 Å². The highest BCUT2D eigenvalue weighted by Gasteiger charge is 2.44. The molecule has 2 fully saturated rings. The van der Waals surface area contributed by atoms with E-state index in [1.54, 1.807) is 11.8 Å². The third-order valence-corrected chi connectivity index (χ3v) is 2.98. The van der Waals surface area contributed by atoms with Crippen LogP contribution in [-0.2, 0) is 4.79 Å². The number of urea groups is 1. The molecule has 0 aliphatic carbocycles. The maximum Gasteiger partial charge on any atom is 0.328 e. The fourth-order valence-corrected chi connectivity index (χ4v) is 2.14. The van der Waals surface area contributed by atoms with E-state index in [9.17, 15) is 9.59 Å². The summed E-state index contributed by atoms with van der Waals surface area (Å²) in [5.41, 5.74) is 0. The van der Waals surface area contributed by atoms with Crippen molar-refractivity contribution >= 4 is 11.9 Å². The molecule has 0 aromatic heterocycles. The Labute approximate surface area is 83.0 Å². The minimum atomic E-state index is -0.317. The van der Waals surface area contributed by atoms with Crippen LogP contribution in [0.4, 0.5) is 4.79 Å². The molecule has 2 unspecified atom stereocenters. The van der Waals surface area contributed by atoms with Crippen LogP contribution in [0.5, 0.6) is 0 Å². The van der Waals surface area contributed by atoms with Gasteiger partial charge in [-0.3, -0.25) is 19.9 Å². The third kappa shape index (κ3) is 1.19. The third-order valence-electron chi connectivity index (χ3n) is 2.98. The molecule has 5 nitrogen and oxygen atoms in total. The molecule has 3 amide bonds. The van der Waals surface area contributed by atoms with Crippen LogP contribution in [0, 0.1) is 0 Å². The van der Waals surface area contributed by atoms with Gasteiger partial charge >= 0.3 is 6.03 Å². The quantitative estimate of drug-likeness (QED) is 0.601. The predicted molar refractivity (Wildman–Crippen MR) is 50.5 cm³/mol. The van der Waals surface area contributed by atoms with Crippen molar-refractivity contribution in [3.63, 3.8) is 0 Å². The van der Waals surface area contributed by atoms with Gasteiger partial charge in [-0.15, -0.1) is 0 Å². The molecule has 2 rings (SSSR count). The van der Waals surface area contributed by atoms with E-state index in [-0.39, 0.29) is 24.1 Å². The molecule has 1 N–H and O–H groups in total. The Morgan fingerprint density at radius 3 is 2.57 bits per heavy atom. The summed E-state index contributed by atoms with van der Waals surface area (Å²) in [5.74, 6) is -0.108. The maximum absolute atomic E-state index is 11.7. The number of imide groups is 1. The van der Waals surface area contributed by atoms with Crippen molar-refractivity contribution in [1.29, 1.82) is 0 Å². The first-order valence-electron chi connectivity index (χ1n) is 4.96. The van der Waals surface area contributed by atoms with Gasteiger partial charge in [0.25, 0.3) is 5.91 Å². The van der Waals surface area contributed by atoms with Gasteiger partial charge < -0.3 is 0 Å². The first-order valence-corrected chi connectivity index (χ1v) is 4.96. The average Bonchev–Trinajstić information content (AvgIpc) is 2.73. The van der Waals surface area contributed by atoms with Crippen LogP contribution in [0.1, 0.15) is 19.8 Å². The van der Waals surface area contributed by atoms with Crippen molar-refractivity contribution in [3.8, 4) is 0 Å². The number of amides is 3. The fourth-order valence-electron chi connectivity index (χ4n) is 2.14. The molecule has 0 spiro atoms. The Morgan fingerprint density at radius 1 is 1.43 bits per heavy atom. The van der Waals surface area contributed by atoms with Gasteiger partial charge in [0.1, 0.15) is 6.04 Å². The van der Waals surface area contributed by atoms with E-state index in [1.165, 1.54) is 11.9 Å². The molecule has 14 heavy (non-hydrogen) atoms. The molecule has 0 radical (unpaired) electrons. The zero-order chi connectivity index (χ0) is 10.3. The second-order valence-corrected chi connectivity index (χ2v) is 3.88. The maximum atomic E-state index is 11.7. The highest BCUT2D eigenvalue weighted by molar-refractivity contribution is 6.03. The highest BCUT2D eigenvalue weighted by Crippen LogP contribution is 2.22. The number of nitrogens with zero attached hydrogens (tertiary/aromatic N) is 2. The lowest BCUT2D eigenvalue weighted by molar-refractivity contribution is -0.127. The number of carbonyl (C=O) groups excluding carboxylic acids is 2. The van der Waals surface area contributed by atoms with Gasteiger partial charge in [0.2, 0.25) is 0 Å². The lowest BCUT2D eigenvalue weighted by atomic mass is 10.2. The molecule has 2 aliphatic rings. The molecule has 0 bridgehead atoms. The van der Waals surface area contributed by atoms with E-state index < -0.39 is 0 Å². The second kappa shape index (κ2) is 3.24. The number of likely N-dealkylation sites (N-methyl/N-ethyl adjacent to an activating group) is 1. The van der Waals surface area contributed by atoms with E-state index in [2.05, 4.69) is 5.32 Å². The van der Waals surface area contributed by atoms with Gasteiger partial charge in [-0.1, -0.05) is 0 Å². The van der Waals surface area contributed by atoms with Gasteiger partial charge in [0.05, 0.1) is 6.17 Å². The number of rotatable bonds is 1. The smallest absolute Gasteiger partial charge is 0.297 e. The summed E-state index contributed by atoms with van der Waals surface area (Å²) in [6.45, 7) is 2.71. The topological polar surface area (TPSA) is 52.7 Å². The summed E-state index contributed by atoms with van der Waals surface area (Å²) < 4.78 is 0. The van der Waals surface area contributed by atoms with Crippen molar-refractivity contribution < 1.29 is 9.59 Å². The largest absolute Gasteiger partial charge is 0.328 e. The second-order valence-electron chi connectivity index (χ2n) is 3.88. The molecule has 2 atom stereocenters. The van der Waals surface area contributed by atoms with Crippen LogP contribution in [0.25, 0.3) is 0 Å². The lowest BCUT2D eigenvalue weighted by Gasteiger charge is -2.26. The molecular formula is C9H15N3O2. The molecular weight excluding hydrogens is 182 g/mol. The van der Waals surface area contributed by atoms with Gasteiger partial charge in [-0.2, -0.15) is 0 Å². The number of hydrogen-bond donors (Lipinski definition) is 1. The minimum Gasteiger partial charge on any atom is -0.297 e. The van der Waals surface area contributed by atoms with Crippen molar-refractivity contribution in [2.24, 2.45) is 0 Å². The number of hydrogen-bond acceptors (Lipinski definition) is 3. The van der Waals surface area contributed by atoms with Crippen LogP contribution < -0.4 is 5.32 Å². The molecule has 0 saturated carbocycles. The standard InChI is InChI=1S/C9H15N3O2/c1-6-8(13)11(2)9(14)12(6)7-4-3-5-10-7/h6-7,10H,3-5H2,1-2H3. The summed E-state index contributed by atoms with van der Waals surface area (Å²) >= 11 is 0. The van der Waals surface area contributed by atoms with Crippen molar-refractivity contribution in [3.05, 3.63) is 0 Å². The molecule has 2 heterocycles. The van der Waals surface area contributed by atoms with E-state index in [4.69, 9.17) is 0 Å². The van der Waals surface area contributed by atoms with Crippen LogP contribution in [-0.4, -0.2) is 47.5 Å². The van der Waals surface area contributed by atoms with Gasteiger partial charge in [-0.25, -0.2) is 4.79 Å². The van der Waals surface area contributed by atoms with Crippen LogP contribution in [0.15, 0.2) is 0 Å². The van der Waals surface area contributed by atoms with E-state index >= 15 is 0 Å². The average molecular weight is 197 g/mol. The summed E-state index contributed by atoms with van der Waals surface area (Å²) in [6.07, 6.45) is 2.06. The minimum absolute atomic E-state index is 0.0476. The molecule has 0 aromatic carbocycles. The SMILES string of the molecule is CC1C(=O)N(C)C(=O)N1C1CCCN1. The lowest BCUT2D eigenvalue weighted by Crippen LogP contribution is -2.47. The van der Waals surface area contributed by atoms with Gasteiger partial charge in [-0.05, 0) is 26.3 Å².